The summed E-state index contributed by atoms with van der Waals surface area (Å²) in [5, 5.41) is 3.46. The van der Waals surface area contributed by atoms with Crippen molar-refractivity contribution in [1.29, 1.82) is 0 Å². The number of fused-ring (bicyclic) bond motifs is 4. The van der Waals surface area contributed by atoms with E-state index in [-0.39, 0.29) is 20.1 Å². The van der Waals surface area contributed by atoms with Crippen molar-refractivity contribution in [3.8, 4) is 50.6 Å². The van der Waals surface area contributed by atoms with Crippen molar-refractivity contribution in [2.45, 2.75) is 46.3 Å². The van der Waals surface area contributed by atoms with Crippen LogP contribution in [0.5, 0.6) is 0 Å². The molecule has 0 spiro atoms. The zero-order chi connectivity index (χ0) is 43.9. The Kier molecular flexibility index (Phi) is 10.8. The van der Waals surface area contributed by atoms with E-state index in [0.717, 1.165) is 83.6 Å². The maximum absolute atomic E-state index is 7.35. The second-order valence-corrected chi connectivity index (χ2v) is 21.6. The number of benzene rings is 7. The molecule has 10 aromatic rings. The number of rotatable bonds is 7. The standard InChI is InChI=1S/C40H29N2O.C15H18NSi.Ir/c1-26(2)29-24-33(27-14-5-3-6-15-27)38(34(25-29)28-16-7-4-8-17-28)42-36-22-11-10-21-35(36)41-40(42)32-20-13-19-31-30-18-9-12-23-37(30)43-39(31)32;1-12-5-7-13(8-6-12)15-10-9-14(11-16-15)17(2,3)4;/h3-19,21-26H,1-2H3;5-7,9-11H,1-4H3;/q2*-1;/i;1D3;. The summed E-state index contributed by atoms with van der Waals surface area (Å²) in [6.45, 7) is 9.27. The second kappa shape index (κ2) is 17.4. The molecule has 303 valence electrons. The summed E-state index contributed by atoms with van der Waals surface area (Å²) >= 11 is 0. The van der Waals surface area contributed by atoms with Gasteiger partial charge in [0.25, 0.3) is 0 Å². The van der Waals surface area contributed by atoms with Gasteiger partial charge in [-0.25, -0.2) is 0 Å². The summed E-state index contributed by atoms with van der Waals surface area (Å²) in [5.41, 5.74) is 13.4. The predicted octanol–water partition coefficient (Wildman–Crippen LogP) is 14.2. The third-order valence-electron chi connectivity index (χ3n) is 11.0. The van der Waals surface area contributed by atoms with Gasteiger partial charge in [-0.1, -0.05) is 154 Å². The molecule has 3 aromatic heterocycles. The van der Waals surface area contributed by atoms with Gasteiger partial charge in [-0.15, -0.1) is 53.6 Å². The number of hydrogen-bond acceptors (Lipinski definition) is 3. The van der Waals surface area contributed by atoms with Crippen molar-refractivity contribution in [2.75, 3.05) is 0 Å². The Morgan fingerprint density at radius 2 is 1.38 bits per heavy atom. The summed E-state index contributed by atoms with van der Waals surface area (Å²) in [6, 6.07) is 62.3. The largest absolute Gasteiger partial charge is 0.501 e. The third kappa shape index (κ3) is 8.32. The van der Waals surface area contributed by atoms with Gasteiger partial charge in [0, 0.05) is 46.9 Å². The number of nitrogens with zero attached hydrogens (tertiary/aromatic N) is 3. The van der Waals surface area contributed by atoms with E-state index in [4.69, 9.17) is 13.5 Å². The summed E-state index contributed by atoms with van der Waals surface area (Å²) in [5.74, 6) is 1.16. The molecule has 0 saturated carbocycles. The molecule has 3 heterocycles. The Bertz CT molecular complexity index is 3090. The molecule has 0 amide bonds. The van der Waals surface area contributed by atoms with Gasteiger partial charge >= 0.3 is 0 Å². The van der Waals surface area contributed by atoms with Crippen molar-refractivity contribution < 1.29 is 28.6 Å². The van der Waals surface area contributed by atoms with Crippen molar-refractivity contribution in [3.63, 3.8) is 0 Å². The number of pyridine rings is 1. The van der Waals surface area contributed by atoms with Crippen LogP contribution in [0.2, 0.25) is 19.6 Å². The SMILES string of the molecule is CC(C)c1cc(-c2ccccc2)c(-n2c(-c3[c-]ccc4c3oc3ccccc34)nc3ccccc32)c(-c2ccccc2)c1.[2H]C([2H])([2H])c1c[c-]c(-c2ccc([Si](C)(C)C)cn2)cc1.[Ir]. The molecule has 0 aliphatic heterocycles. The van der Waals surface area contributed by atoms with E-state index in [1.165, 1.54) is 16.8 Å². The van der Waals surface area contributed by atoms with Crippen molar-refractivity contribution in [2.24, 2.45) is 0 Å². The van der Waals surface area contributed by atoms with Crippen LogP contribution in [0.1, 0.15) is 35.0 Å². The van der Waals surface area contributed by atoms with Gasteiger partial charge in [0.1, 0.15) is 5.58 Å². The van der Waals surface area contributed by atoms with E-state index >= 15 is 0 Å². The first-order valence-electron chi connectivity index (χ1n) is 21.9. The zero-order valence-electron chi connectivity index (χ0n) is 37.8. The van der Waals surface area contributed by atoms with Crippen LogP contribution in [0.15, 0.2) is 174 Å². The molecule has 0 atom stereocenters. The van der Waals surface area contributed by atoms with E-state index in [1.54, 1.807) is 12.1 Å². The van der Waals surface area contributed by atoms with Gasteiger partial charge in [0.05, 0.1) is 36.2 Å². The van der Waals surface area contributed by atoms with Crippen LogP contribution in [-0.2, 0) is 20.1 Å². The van der Waals surface area contributed by atoms with Crippen LogP contribution in [0.25, 0.3) is 83.6 Å². The summed E-state index contributed by atoms with van der Waals surface area (Å²) in [4.78, 5) is 9.75. The first kappa shape index (κ1) is 37.8. The topological polar surface area (TPSA) is 43.9 Å². The molecule has 7 aromatic carbocycles. The van der Waals surface area contributed by atoms with E-state index in [2.05, 4.69) is 170 Å². The molecule has 61 heavy (non-hydrogen) atoms. The molecule has 0 unspecified atom stereocenters. The van der Waals surface area contributed by atoms with Gasteiger partial charge in [-0.05, 0) is 63.8 Å². The van der Waals surface area contributed by atoms with E-state index in [0.29, 0.717) is 11.5 Å². The Hall–Kier alpha value is -6.17. The second-order valence-electron chi connectivity index (χ2n) is 16.5. The Balaban J connectivity index is 0.000000225. The predicted molar refractivity (Wildman–Crippen MR) is 254 cm³/mol. The first-order valence-corrected chi connectivity index (χ1v) is 23.9. The maximum Gasteiger partial charge on any atom is 0.120 e. The van der Waals surface area contributed by atoms with Crippen molar-refractivity contribution in [1.82, 2.24) is 14.5 Å². The molecular weight excluding hydrogens is 939 g/mol. The van der Waals surface area contributed by atoms with Gasteiger partial charge in [-0.3, -0.25) is 4.98 Å². The molecule has 4 nitrogen and oxygen atoms in total. The van der Waals surface area contributed by atoms with E-state index in [1.807, 2.05) is 36.5 Å². The van der Waals surface area contributed by atoms with Gasteiger partial charge in [0.15, 0.2) is 0 Å². The molecule has 10 rings (SSSR count). The molecular formula is C55H47IrN3OSi-2. The minimum absolute atomic E-state index is 0. The van der Waals surface area contributed by atoms with Crippen LogP contribution in [0, 0.1) is 19.0 Å². The summed E-state index contributed by atoms with van der Waals surface area (Å²) in [6.07, 6.45) is 1.92. The average molecular weight is 989 g/mol. The molecule has 0 fully saturated rings. The van der Waals surface area contributed by atoms with Crippen LogP contribution >= 0.6 is 0 Å². The van der Waals surface area contributed by atoms with Crippen LogP contribution in [0.4, 0.5) is 0 Å². The fraction of sp³-hybridized carbons (Fsp3) is 0.127. The van der Waals surface area contributed by atoms with Gasteiger partial charge < -0.3 is 14.0 Å². The minimum atomic E-state index is -2.08. The zero-order valence-corrected chi connectivity index (χ0v) is 38.2. The fourth-order valence-electron chi connectivity index (χ4n) is 7.76. The Morgan fingerprint density at radius 1 is 0.705 bits per heavy atom. The average Bonchev–Trinajstić information content (AvgIpc) is 3.88. The fourth-order valence-corrected chi connectivity index (χ4v) is 8.80. The molecule has 0 aliphatic carbocycles. The quantitative estimate of drug-likeness (QED) is 0.118. The van der Waals surface area contributed by atoms with Crippen molar-refractivity contribution in [3.05, 3.63) is 193 Å². The first-order chi connectivity index (χ1) is 30.3. The molecule has 0 aliphatic rings. The molecule has 0 bridgehead atoms. The normalized spacial score (nSPS) is 12.4. The maximum atomic E-state index is 7.35. The van der Waals surface area contributed by atoms with Crippen LogP contribution in [0.3, 0.4) is 0 Å². The third-order valence-corrected chi connectivity index (χ3v) is 13.1. The van der Waals surface area contributed by atoms with Gasteiger partial charge in [0.2, 0.25) is 0 Å². The number of furan rings is 1. The Morgan fingerprint density at radius 3 is 2.00 bits per heavy atom. The van der Waals surface area contributed by atoms with Crippen LogP contribution in [-0.4, -0.2) is 22.6 Å². The van der Waals surface area contributed by atoms with E-state index < -0.39 is 14.9 Å². The number of aryl methyl sites for hydroxylation is 1. The summed E-state index contributed by atoms with van der Waals surface area (Å²) in [7, 11) is -1.34. The number of para-hydroxylation sites is 3. The number of imidazole rings is 1. The molecule has 0 N–H and O–H groups in total. The summed E-state index contributed by atoms with van der Waals surface area (Å²) < 4.78 is 30.9. The monoisotopic (exact) mass is 989 g/mol. The van der Waals surface area contributed by atoms with Crippen molar-refractivity contribution >= 4 is 46.2 Å². The Labute approximate surface area is 377 Å². The minimum Gasteiger partial charge on any atom is -0.501 e. The number of hydrogen-bond donors (Lipinski definition) is 0. The molecule has 6 heteroatoms. The molecule has 0 saturated heterocycles. The van der Waals surface area contributed by atoms with Gasteiger partial charge in [-0.2, -0.15) is 0 Å². The van der Waals surface area contributed by atoms with Crippen LogP contribution < -0.4 is 5.19 Å². The smallest absolute Gasteiger partial charge is 0.120 e. The molecule has 1 radical (unpaired) electrons. The van der Waals surface area contributed by atoms with E-state index in [9.17, 15) is 0 Å². The number of aromatic nitrogens is 3.